The first kappa shape index (κ1) is 21.4. The van der Waals surface area contributed by atoms with Gasteiger partial charge in [-0.15, -0.1) is 0 Å². The summed E-state index contributed by atoms with van der Waals surface area (Å²) in [5, 5.41) is 5.45. The van der Waals surface area contributed by atoms with E-state index in [0.29, 0.717) is 32.5 Å². The summed E-state index contributed by atoms with van der Waals surface area (Å²) in [6.45, 7) is 5.00. The molecule has 25 heavy (non-hydrogen) atoms. The highest BCUT2D eigenvalue weighted by Crippen LogP contribution is 2.09. The Hall–Kier alpha value is -1.67. The van der Waals surface area contributed by atoms with Crippen LogP contribution in [0, 0.1) is 0 Å². The minimum Gasteiger partial charge on any atom is -0.467 e. The molecule has 0 aromatic heterocycles. The minimum atomic E-state index is -0.416. The lowest BCUT2D eigenvalue weighted by atomic mass is 10.1. The molecule has 0 saturated carbocycles. The summed E-state index contributed by atoms with van der Waals surface area (Å²) in [5.74, 6) is -0.279. The maximum Gasteiger partial charge on any atom is 0.328 e. The quantitative estimate of drug-likeness (QED) is 0.540. The zero-order chi connectivity index (χ0) is 18.7. The lowest BCUT2D eigenvalue weighted by Crippen LogP contribution is -2.44. The number of amides is 2. The molecule has 1 unspecified atom stereocenters. The maximum atomic E-state index is 11.0. The molecule has 0 aromatic carbocycles. The molecule has 0 spiro atoms. The molecular formula is C17H30N2O6. The first-order valence-corrected chi connectivity index (χ1v) is 8.86. The molecule has 0 bridgehead atoms. The number of piperidine rings is 2. The summed E-state index contributed by atoms with van der Waals surface area (Å²) in [7, 11) is 1.32. The van der Waals surface area contributed by atoms with E-state index in [9.17, 15) is 14.4 Å². The molecular weight excluding hydrogens is 328 g/mol. The van der Waals surface area contributed by atoms with E-state index in [1.807, 2.05) is 13.8 Å². The lowest BCUT2D eigenvalue weighted by molar-refractivity contribution is -0.146. The van der Waals surface area contributed by atoms with Gasteiger partial charge in [-0.25, -0.2) is 4.79 Å². The Kier molecular flexibility index (Phi) is 10.1. The predicted molar refractivity (Wildman–Crippen MR) is 90.6 cm³/mol. The first-order chi connectivity index (χ1) is 12.0. The lowest BCUT2D eigenvalue weighted by Gasteiger charge is -2.24. The van der Waals surface area contributed by atoms with Gasteiger partial charge in [0.2, 0.25) is 11.8 Å². The number of nitrogens with one attached hydrogen (secondary N) is 2. The molecule has 2 heterocycles. The number of ether oxygens (including phenoxy) is 3. The van der Waals surface area contributed by atoms with Crippen LogP contribution in [-0.4, -0.2) is 56.5 Å². The highest BCUT2D eigenvalue weighted by molar-refractivity contribution is 5.85. The first-order valence-electron chi connectivity index (χ1n) is 8.86. The number of esters is 1. The van der Waals surface area contributed by atoms with Gasteiger partial charge in [0, 0.05) is 19.4 Å². The molecule has 0 aromatic rings. The van der Waals surface area contributed by atoms with Gasteiger partial charge in [0.25, 0.3) is 0 Å². The average Bonchev–Trinajstić information content (AvgIpc) is 2.60. The maximum absolute atomic E-state index is 11.0. The average molecular weight is 358 g/mol. The van der Waals surface area contributed by atoms with Crippen LogP contribution in [0.1, 0.15) is 52.4 Å². The molecule has 3 atom stereocenters. The highest BCUT2D eigenvalue weighted by Gasteiger charge is 2.24. The van der Waals surface area contributed by atoms with Crippen LogP contribution in [0.15, 0.2) is 0 Å². The van der Waals surface area contributed by atoms with Crippen LogP contribution in [0.3, 0.4) is 0 Å². The standard InChI is InChI=1S/C10H19NO3.C7H11NO3/c1-3-13-8(2)14-7-9-5-4-6-10(12)11-9;1-11-7(10)5-3-2-4-6(9)8-5/h8-9H,3-7H2,1-2H3,(H,11,12);5H,2-4H2,1H3,(H,8,9)/t8?,9-;5-/m11/s1. The normalized spacial score (nSPS) is 24.3. The van der Waals surface area contributed by atoms with Crippen LogP contribution < -0.4 is 10.6 Å². The van der Waals surface area contributed by atoms with Gasteiger partial charge in [-0.3, -0.25) is 9.59 Å². The number of hydrogen-bond donors (Lipinski definition) is 2. The summed E-state index contributed by atoms with van der Waals surface area (Å²) >= 11 is 0. The number of methoxy groups -OCH3 is 1. The smallest absolute Gasteiger partial charge is 0.328 e. The van der Waals surface area contributed by atoms with Gasteiger partial charge in [-0.2, -0.15) is 0 Å². The van der Waals surface area contributed by atoms with Crippen molar-refractivity contribution in [3.05, 3.63) is 0 Å². The van der Waals surface area contributed by atoms with Crippen molar-refractivity contribution in [2.75, 3.05) is 20.3 Å². The fourth-order valence-corrected chi connectivity index (χ4v) is 2.66. The Morgan fingerprint density at radius 2 is 1.76 bits per heavy atom. The molecule has 8 heteroatoms. The van der Waals surface area contributed by atoms with Gasteiger partial charge >= 0.3 is 5.97 Å². The van der Waals surface area contributed by atoms with E-state index in [4.69, 9.17) is 9.47 Å². The Bertz CT molecular complexity index is 443. The molecule has 0 radical (unpaired) electrons. The van der Waals surface area contributed by atoms with Gasteiger partial charge < -0.3 is 24.8 Å². The largest absolute Gasteiger partial charge is 0.467 e. The second-order valence-corrected chi connectivity index (χ2v) is 6.05. The van der Waals surface area contributed by atoms with Crippen molar-refractivity contribution in [1.29, 1.82) is 0 Å². The van der Waals surface area contributed by atoms with Crippen LogP contribution in [-0.2, 0) is 28.6 Å². The van der Waals surface area contributed by atoms with Gasteiger partial charge in [0.1, 0.15) is 6.04 Å². The van der Waals surface area contributed by atoms with E-state index in [-0.39, 0.29) is 30.1 Å². The zero-order valence-corrected chi connectivity index (χ0v) is 15.3. The fourth-order valence-electron chi connectivity index (χ4n) is 2.66. The van der Waals surface area contributed by atoms with E-state index in [1.54, 1.807) is 0 Å². The Labute approximate surface area is 148 Å². The van der Waals surface area contributed by atoms with Crippen LogP contribution in [0.4, 0.5) is 0 Å². The monoisotopic (exact) mass is 358 g/mol. The molecule has 2 rings (SSSR count). The summed E-state index contributed by atoms with van der Waals surface area (Å²) in [5.41, 5.74) is 0. The molecule has 2 amide bonds. The van der Waals surface area contributed by atoms with Crippen LogP contribution >= 0.6 is 0 Å². The second-order valence-electron chi connectivity index (χ2n) is 6.05. The van der Waals surface area contributed by atoms with E-state index >= 15 is 0 Å². The second kappa shape index (κ2) is 11.8. The van der Waals surface area contributed by atoms with Crippen LogP contribution in [0.25, 0.3) is 0 Å². The number of hydrogen-bond acceptors (Lipinski definition) is 6. The third-order valence-electron chi connectivity index (χ3n) is 3.97. The van der Waals surface area contributed by atoms with Gasteiger partial charge in [0.05, 0.1) is 19.8 Å². The van der Waals surface area contributed by atoms with E-state index in [0.717, 1.165) is 19.3 Å². The van der Waals surface area contributed by atoms with Crippen molar-refractivity contribution in [1.82, 2.24) is 10.6 Å². The van der Waals surface area contributed by atoms with E-state index in [1.165, 1.54) is 7.11 Å². The summed E-state index contributed by atoms with van der Waals surface area (Å²) in [6, 6.07) is -0.250. The molecule has 2 aliphatic rings. The number of rotatable bonds is 6. The van der Waals surface area contributed by atoms with Crippen molar-refractivity contribution in [3.63, 3.8) is 0 Å². The van der Waals surface area contributed by atoms with E-state index < -0.39 is 6.04 Å². The van der Waals surface area contributed by atoms with Crippen LogP contribution in [0.5, 0.6) is 0 Å². The minimum absolute atomic E-state index is 0.0633. The fraction of sp³-hybridized carbons (Fsp3) is 0.824. The number of carbonyl (C=O) groups excluding carboxylic acids is 3. The molecule has 8 nitrogen and oxygen atoms in total. The molecule has 2 N–H and O–H groups in total. The summed E-state index contributed by atoms with van der Waals surface area (Å²) < 4.78 is 15.1. The molecule has 2 saturated heterocycles. The van der Waals surface area contributed by atoms with Crippen molar-refractivity contribution in [2.24, 2.45) is 0 Å². The predicted octanol–water partition coefficient (Wildman–Crippen LogP) is 0.882. The molecule has 2 aliphatic heterocycles. The van der Waals surface area contributed by atoms with Crippen molar-refractivity contribution < 1.29 is 28.6 Å². The van der Waals surface area contributed by atoms with Crippen molar-refractivity contribution >= 4 is 17.8 Å². The summed E-state index contributed by atoms with van der Waals surface area (Å²) in [4.78, 5) is 32.7. The zero-order valence-electron chi connectivity index (χ0n) is 15.3. The van der Waals surface area contributed by atoms with Gasteiger partial charge in [-0.05, 0) is 39.5 Å². The van der Waals surface area contributed by atoms with Crippen molar-refractivity contribution in [3.8, 4) is 0 Å². The molecule has 0 aliphatic carbocycles. The third-order valence-corrected chi connectivity index (χ3v) is 3.97. The van der Waals surface area contributed by atoms with Gasteiger partial charge in [-0.1, -0.05) is 0 Å². The third kappa shape index (κ3) is 8.83. The van der Waals surface area contributed by atoms with Gasteiger partial charge in [0.15, 0.2) is 6.29 Å². The van der Waals surface area contributed by atoms with Crippen LogP contribution in [0.2, 0.25) is 0 Å². The number of carbonyl (C=O) groups is 3. The molecule has 2 fully saturated rings. The van der Waals surface area contributed by atoms with E-state index in [2.05, 4.69) is 15.4 Å². The Morgan fingerprint density at radius 3 is 2.32 bits per heavy atom. The SMILES string of the molecule is CCOC(C)OC[C@H]1CCCC(=O)N1.COC(=O)[C@H]1CCCC(=O)N1. The topological polar surface area (TPSA) is 103 Å². The summed E-state index contributed by atoms with van der Waals surface area (Å²) in [6.07, 6.45) is 4.42. The Morgan fingerprint density at radius 1 is 1.12 bits per heavy atom. The highest BCUT2D eigenvalue weighted by atomic mass is 16.7. The molecule has 144 valence electrons. The van der Waals surface area contributed by atoms with Crippen molar-refractivity contribution in [2.45, 2.75) is 70.7 Å². The Balaban J connectivity index is 0.000000257.